The number of ether oxygens (including phenoxy) is 1. The van der Waals surface area contributed by atoms with Crippen LogP contribution in [0.1, 0.15) is 0 Å². The zero-order valence-electron chi connectivity index (χ0n) is 12.7. The maximum absolute atomic E-state index is 8.00. The Morgan fingerprint density at radius 2 is 0.870 bits per heavy atom. The minimum atomic E-state index is 0.853. The topological polar surface area (TPSA) is 43.4 Å². The van der Waals surface area contributed by atoms with Crippen molar-refractivity contribution in [1.82, 2.24) is 0 Å². The molecule has 3 nitrogen and oxygen atoms in total. The van der Waals surface area contributed by atoms with Gasteiger partial charge in [0.05, 0.1) is 0 Å². The van der Waals surface area contributed by atoms with Crippen LogP contribution in [0.25, 0.3) is 11.1 Å². The zero-order chi connectivity index (χ0) is 16.9. The van der Waals surface area contributed by atoms with Crippen molar-refractivity contribution in [3.8, 4) is 22.6 Å². The minimum Gasteiger partial charge on any atom is -0.457 e. The number of rotatable bonds is 3. The molecule has 0 aromatic heterocycles. The molecule has 3 heteroatoms. The van der Waals surface area contributed by atoms with Gasteiger partial charge in [0.15, 0.2) is 0 Å². The van der Waals surface area contributed by atoms with Gasteiger partial charge in [0.1, 0.15) is 25.1 Å². The number of carbonyl (C=O) groups excluding carboxylic acids is 2. The first kappa shape index (κ1) is 17.9. The van der Waals surface area contributed by atoms with E-state index in [1.54, 1.807) is 0 Å². The van der Waals surface area contributed by atoms with Gasteiger partial charge < -0.3 is 14.3 Å². The van der Waals surface area contributed by atoms with Crippen LogP contribution in [0.5, 0.6) is 11.5 Å². The molecule has 0 fully saturated rings. The SMILES string of the molecule is C=O.C=O.c1ccc(Oc2ccc(-c3ccccc3)cc2)cc1. The number of para-hydroxylation sites is 1. The highest BCUT2D eigenvalue weighted by Crippen LogP contribution is 2.25. The van der Waals surface area contributed by atoms with Crippen molar-refractivity contribution in [2.24, 2.45) is 0 Å². The first-order valence-electron chi connectivity index (χ1n) is 6.88. The van der Waals surface area contributed by atoms with E-state index in [-0.39, 0.29) is 0 Å². The van der Waals surface area contributed by atoms with E-state index in [1.807, 2.05) is 74.2 Å². The molecule has 3 aromatic carbocycles. The quantitative estimate of drug-likeness (QED) is 0.699. The molecular weight excluding hydrogens is 288 g/mol. The second kappa shape index (κ2) is 10.5. The fourth-order valence-corrected chi connectivity index (χ4v) is 1.97. The smallest absolute Gasteiger partial charge is 0.127 e. The Bertz CT molecular complexity index is 662. The lowest BCUT2D eigenvalue weighted by Gasteiger charge is -2.06. The lowest BCUT2D eigenvalue weighted by atomic mass is 10.1. The maximum Gasteiger partial charge on any atom is 0.127 e. The molecule has 23 heavy (non-hydrogen) atoms. The standard InChI is InChI=1S/C18H14O.2CH2O/c1-3-7-15(8-4-1)16-11-13-18(14-12-16)19-17-9-5-2-6-10-17;2*1-2/h1-14H;2*1H2. The van der Waals surface area contributed by atoms with Crippen LogP contribution < -0.4 is 4.74 Å². The molecule has 0 amide bonds. The van der Waals surface area contributed by atoms with Crippen LogP contribution >= 0.6 is 0 Å². The van der Waals surface area contributed by atoms with Crippen LogP contribution in [-0.2, 0) is 9.59 Å². The van der Waals surface area contributed by atoms with Crippen molar-refractivity contribution < 1.29 is 14.3 Å². The molecular formula is C20H18O3. The van der Waals surface area contributed by atoms with E-state index in [2.05, 4.69) is 24.3 Å². The molecule has 0 heterocycles. The van der Waals surface area contributed by atoms with E-state index in [4.69, 9.17) is 14.3 Å². The van der Waals surface area contributed by atoms with Crippen molar-refractivity contribution >= 4 is 13.6 Å². The van der Waals surface area contributed by atoms with Crippen molar-refractivity contribution in [3.05, 3.63) is 84.9 Å². The predicted octanol–water partition coefficient (Wildman–Crippen LogP) is 4.78. The molecule has 3 rings (SSSR count). The van der Waals surface area contributed by atoms with E-state index < -0.39 is 0 Å². The third kappa shape index (κ3) is 5.59. The van der Waals surface area contributed by atoms with Crippen LogP contribution in [0.2, 0.25) is 0 Å². The van der Waals surface area contributed by atoms with Gasteiger partial charge in [-0.1, -0.05) is 60.7 Å². The molecule has 0 aliphatic heterocycles. The normalized spacial score (nSPS) is 8.70. The average Bonchev–Trinajstić information content (AvgIpc) is 2.67. The Kier molecular flexibility index (Phi) is 8.16. The summed E-state index contributed by atoms with van der Waals surface area (Å²) < 4.78 is 5.77. The third-order valence-electron chi connectivity index (χ3n) is 2.94. The van der Waals surface area contributed by atoms with Gasteiger partial charge in [-0.05, 0) is 35.4 Å². The molecule has 0 saturated carbocycles. The highest BCUT2D eigenvalue weighted by molar-refractivity contribution is 5.64. The molecule has 0 atom stereocenters. The van der Waals surface area contributed by atoms with Gasteiger partial charge in [-0.25, -0.2) is 0 Å². The fourth-order valence-electron chi connectivity index (χ4n) is 1.97. The van der Waals surface area contributed by atoms with Crippen LogP contribution in [0.4, 0.5) is 0 Å². The van der Waals surface area contributed by atoms with Crippen LogP contribution in [-0.4, -0.2) is 13.6 Å². The molecule has 0 aliphatic rings. The number of hydrogen-bond donors (Lipinski definition) is 0. The summed E-state index contributed by atoms with van der Waals surface area (Å²) in [7, 11) is 0. The first-order chi connectivity index (χ1) is 11.4. The minimum absolute atomic E-state index is 0.853. The number of hydrogen-bond acceptors (Lipinski definition) is 3. The van der Waals surface area contributed by atoms with E-state index in [0.29, 0.717) is 0 Å². The summed E-state index contributed by atoms with van der Waals surface area (Å²) in [6, 6.07) is 28.3. The summed E-state index contributed by atoms with van der Waals surface area (Å²) in [6.07, 6.45) is 0. The molecule has 3 aromatic rings. The van der Waals surface area contributed by atoms with Gasteiger partial charge in [-0.2, -0.15) is 0 Å². The van der Waals surface area contributed by atoms with Crippen LogP contribution in [0, 0.1) is 0 Å². The summed E-state index contributed by atoms with van der Waals surface area (Å²) in [5, 5.41) is 0. The van der Waals surface area contributed by atoms with Gasteiger partial charge in [0, 0.05) is 0 Å². The van der Waals surface area contributed by atoms with Crippen molar-refractivity contribution in [2.75, 3.05) is 0 Å². The largest absolute Gasteiger partial charge is 0.457 e. The second-order valence-corrected chi connectivity index (χ2v) is 4.31. The van der Waals surface area contributed by atoms with Gasteiger partial charge in [0.2, 0.25) is 0 Å². The Labute approximate surface area is 136 Å². The molecule has 116 valence electrons. The second-order valence-electron chi connectivity index (χ2n) is 4.31. The monoisotopic (exact) mass is 306 g/mol. The Morgan fingerprint density at radius 3 is 1.39 bits per heavy atom. The van der Waals surface area contributed by atoms with Crippen molar-refractivity contribution in [2.45, 2.75) is 0 Å². The Balaban J connectivity index is 0.000000615. The van der Waals surface area contributed by atoms with Crippen molar-refractivity contribution in [1.29, 1.82) is 0 Å². The molecule has 0 N–H and O–H groups in total. The summed E-state index contributed by atoms with van der Waals surface area (Å²) in [4.78, 5) is 16.0. The van der Waals surface area contributed by atoms with Crippen molar-refractivity contribution in [3.63, 3.8) is 0 Å². The third-order valence-corrected chi connectivity index (χ3v) is 2.94. The molecule has 0 aliphatic carbocycles. The molecule has 0 saturated heterocycles. The van der Waals surface area contributed by atoms with E-state index in [0.717, 1.165) is 11.5 Å². The lowest BCUT2D eigenvalue weighted by Crippen LogP contribution is -1.83. The highest BCUT2D eigenvalue weighted by atomic mass is 16.5. The highest BCUT2D eigenvalue weighted by Gasteiger charge is 1.99. The number of benzene rings is 3. The molecule has 0 radical (unpaired) electrons. The fraction of sp³-hybridized carbons (Fsp3) is 0. The maximum atomic E-state index is 8.00. The lowest BCUT2D eigenvalue weighted by molar-refractivity contribution is -0.0987. The molecule has 0 unspecified atom stereocenters. The van der Waals surface area contributed by atoms with E-state index in [9.17, 15) is 0 Å². The summed E-state index contributed by atoms with van der Waals surface area (Å²) in [5.41, 5.74) is 2.41. The van der Waals surface area contributed by atoms with E-state index >= 15 is 0 Å². The average molecular weight is 306 g/mol. The van der Waals surface area contributed by atoms with Crippen LogP contribution in [0.3, 0.4) is 0 Å². The number of carbonyl (C=O) groups is 2. The van der Waals surface area contributed by atoms with Gasteiger partial charge in [-0.3, -0.25) is 0 Å². The van der Waals surface area contributed by atoms with Gasteiger partial charge in [-0.15, -0.1) is 0 Å². The van der Waals surface area contributed by atoms with Gasteiger partial charge >= 0.3 is 0 Å². The molecule has 0 spiro atoms. The summed E-state index contributed by atoms with van der Waals surface area (Å²) >= 11 is 0. The molecule has 0 bridgehead atoms. The Hall–Kier alpha value is -3.20. The predicted molar refractivity (Wildman–Crippen MR) is 92.6 cm³/mol. The summed E-state index contributed by atoms with van der Waals surface area (Å²) in [6.45, 7) is 4.00. The zero-order valence-corrected chi connectivity index (χ0v) is 12.7. The van der Waals surface area contributed by atoms with E-state index in [1.165, 1.54) is 11.1 Å². The first-order valence-corrected chi connectivity index (χ1v) is 6.88. The van der Waals surface area contributed by atoms with Crippen LogP contribution in [0.15, 0.2) is 84.9 Å². The van der Waals surface area contributed by atoms with Gasteiger partial charge in [0.25, 0.3) is 0 Å². The Morgan fingerprint density at radius 1 is 0.478 bits per heavy atom. The summed E-state index contributed by atoms with van der Waals surface area (Å²) in [5.74, 6) is 1.71.